The molecule has 1 aromatic carbocycles. The molecule has 7 heteroatoms. The van der Waals surface area contributed by atoms with Crippen LogP contribution in [-0.4, -0.2) is 52.3 Å². The van der Waals surface area contributed by atoms with Crippen molar-refractivity contribution in [2.24, 2.45) is 0 Å². The Kier molecular flexibility index (Phi) is 9.78. The third kappa shape index (κ3) is 9.62. The third-order valence-electron chi connectivity index (χ3n) is 5.58. The van der Waals surface area contributed by atoms with Gasteiger partial charge in [-0.1, -0.05) is 31.4 Å². The lowest BCUT2D eigenvalue weighted by Crippen LogP contribution is -2.45. The summed E-state index contributed by atoms with van der Waals surface area (Å²) in [5.41, 5.74) is 0.335. The van der Waals surface area contributed by atoms with Crippen LogP contribution in [0.2, 0.25) is 0 Å². The summed E-state index contributed by atoms with van der Waals surface area (Å²) in [7, 11) is 0. The van der Waals surface area contributed by atoms with Gasteiger partial charge < -0.3 is 19.3 Å². The summed E-state index contributed by atoms with van der Waals surface area (Å²) < 4.78 is 11.3. The van der Waals surface area contributed by atoms with Crippen LogP contribution in [0.3, 0.4) is 0 Å². The van der Waals surface area contributed by atoms with E-state index in [2.05, 4.69) is 6.07 Å². The van der Waals surface area contributed by atoms with Gasteiger partial charge in [0.2, 0.25) is 0 Å². The molecule has 1 aliphatic carbocycles. The molecule has 188 valence electrons. The monoisotopic (exact) mass is 471 g/mol. The van der Waals surface area contributed by atoms with Crippen molar-refractivity contribution in [1.82, 2.24) is 9.80 Å². The number of benzene rings is 1. The minimum absolute atomic E-state index is 0.178. The molecule has 0 radical (unpaired) electrons. The lowest BCUT2D eigenvalue weighted by Gasteiger charge is -2.36. The number of amides is 2. The Morgan fingerprint density at radius 2 is 1.47 bits per heavy atom. The second-order valence-electron chi connectivity index (χ2n) is 11.0. The number of ether oxygens (including phenoxy) is 2. The van der Waals surface area contributed by atoms with E-state index in [1.54, 1.807) is 17.0 Å². The number of hydrogen-bond donors (Lipinski definition) is 0. The van der Waals surface area contributed by atoms with Crippen LogP contribution in [0.1, 0.15) is 91.2 Å². The van der Waals surface area contributed by atoms with Crippen LogP contribution in [0.4, 0.5) is 9.59 Å². The summed E-state index contributed by atoms with van der Waals surface area (Å²) in [5.74, 6) is 0. The van der Waals surface area contributed by atoms with Crippen molar-refractivity contribution in [2.75, 3.05) is 13.1 Å². The molecule has 0 saturated heterocycles. The minimum atomic E-state index is -0.607. The fourth-order valence-corrected chi connectivity index (χ4v) is 4.03. The predicted octanol–water partition coefficient (Wildman–Crippen LogP) is 6.26. The van der Waals surface area contributed by atoms with E-state index in [1.807, 2.05) is 58.6 Å². The number of carbonyl (C=O) groups is 2. The average molecular weight is 472 g/mol. The van der Waals surface area contributed by atoms with Crippen molar-refractivity contribution in [3.8, 4) is 6.07 Å². The van der Waals surface area contributed by atoms with Gasteiger partial charge in [-0.2, -0.15) is 5.26 Å². The molecule has 2 rings (SSSR count). The van der Waals surface area contributed by atoms with Crippen molar-refractivity contribution in [2.45, 2.75) is 104 Å². The molecule has 0 aliphatic heterocycles. The number of hydrogen-bond acceptors (Lipinski definition) is 5. The Hall–Kier alpha value is -2.75. The molecule has 0 heterocycles. The van der Waals surface area contributed by atoms with E-state index >= 15 is 0 Å². The Morgan fingerprint density at radius 1 is 0.912 bits per heavy atom. The maximum absolute atomic E-state index is 13.0. The lowest BCUT2D eigenvalue weighted by molar-refractivity contribution is 0.00970. The van der Waals surface area contributed by atoms with Crippen molar-refractivity contribution < 1.29 is 19.1 Å². The first-order valence-electron chi connectivity index (χ1n) is 12.3. The molecule has 2 amide bonds. The topological polar surface area (TPSA) is 82.9 Å². The normalized spacial score (nSPS) is 14.7. The van der Waals surface area contributed by atoms with E-state index in [9.17, 15) is 9.59 Å². The Bertz CT molecular complexity index is 841. The van der Waals surface area contributed by atoms with Gasteiger partial charge in [-0.25, -0.2) is 9.59 Å². The van der Waals surface area contributed by atoms with E-state index in [4.69, 9.17) is 14.7 Å². The van der Waals surface area contributed by atoms with Crippen LogP contribution >= 0.6 is 0 Å². The minimum Gasteiger partial charge on any atom is -0.444 e. The van der Waals surface area contributed by atoms with Crippen LogP contribution in [0.5, 0.6) is 0 Å². The van der Waals surface area contributed by atoms with Gasteiger partial charge in [-0.3, -0.25) is 0 Å². The fourth-order valence-electron chi connectivity index (χ4n) is 4.03. The van der Waals surface area contributed by atoms with Gasteiger partial charge in [-0.05, 0) is 78.5 Å². The zero-order chi connectivity index (χ0) is 25.4. The molecule has 0 spiro atoms. The van der Waals surface area contributed by atoms with Crippen molar-refractivity contribution in [3.63, 3.8) is 0 Å². The average Bonchev–Trinajstić information content (AvgIpc) is 2.74. The second-order valence-corrected chi connectivity index (χ2v) is 11.0. The SMILES string of the molecule is CC(C)(C)OC(=O)N(CCCN(C(=O)OC(C)(C)C)C1CCCCC1)Cc1ccc(C#N)cc1. The van der Waals surface area contributed by atoms with Gasteiger partial charge in [0.1, 0.15) is 11.2 Å². The van der Waals surface area contributed by atoms with Crippen molar-refractivity contribution in [1.29, 1.82) is 5.26 Å². The second kappa shape index (κ2) is 12.1. The van der Waals surface area contributed by atoms with E-state index in [1.165, 1.54) is 6.42 Å². The van der Waals surface area contributed by atoms with E-state index in [0.29, 0.717) is 31.6 Å². The van der Waals surface area contributed by atoms with Crippen molar-refractivity contribution >= 4 is 12.2 Å². The first-order valence-corrected chi connectivity index (χ1v) is 12.3. The first-order chi connectivity index (χ1) is 15.9. The molecule has 1 fully saturated rings. The molecule has 7 nitrogen and oxygen atoms in total. The Morgan fingerprint density at radius 3 is 2.00 bits per heavy atom. The van der Waals surface area contributed by atoms with Gasteiger partial charge in [0.05, 0.1) is 11.6 Å². The zero-order valence-corrected chi connectivity index (χ0v) is 21.7. The van der Waals surface area contributed by atoms with Crippen LogP contribution in [0.25, 0.3) is 0 Å². The Labute approximate surface area is 205 Å². The number of carbonyl (C=O) groups excluding carboxylic acids is 2. The molecule has 1 saturated carbocycles. The standard InChI is InChI=1S/C27H41N3O4/c1-26(2,3)33-24(31)29(20-22-15-13-21(19-28)14-16-22)17-10-18-30(23-11-8-7-9-12-23)25(32)34-27(4,5)6/h13-16,23H,7-12,17-18,20H2,1-6H3. The summed E-state index contributed by atoms with van der Waals surface area (Å²) in [4.78, 5) is 29.4. The van der Waals surface area contributed by atoms with Gasteiger partial charge in [-0.15, -0.1) is 0 Å². The highest BCUT2D eigenvalue weighted by atomic mass is 16.6. The molecule has 0 N–H and O–H groups in total. The molecule has 1 aliphatic rings. The molecule has 0 aromatic heterocycles. The van der Waals surface area contributed by atoms with Crippen LogP contribution in [0.15, 0.2) is 24.3 Å². The first kappa shape index (κ1) is 27.5. The third-order valence-corrected chi connectivity index (χ3v) is 5.58. The summed E-state index contributed by atoms with van der Waals surface area (Å²) >= 11 is 0. The number of nitrogens with zero attached hydrogens (tertiary/aromatic N) is 3. The molecular weight excluding hydrogens is 430 g/mol. The highest BCUT2D eigenvalue weighted by Gasteiger charge is 2.30. The summed E-state index contributed by atoms with van der Waals surface area (Å²) in [5, 5.41) is 9.04. The van der Waals surface area contributed by atoms with E-state index in [0.717, 1.165) is 31.2 Å². The van der Waals surface area contributed by atoms with E-state index in [-0.39, 0.29) is 12.1 Å². The summed E-state index contributed by atoms with van der Waals surface area (Å²) in [6.45, 7) is 12.5. The predicted molar refractivity (Wildman–Crippen MR) is 132 cm³/mol. The molecule has 0 unspecified atom stereocenters. The molecule has 1 aromatic rings. The number of rotatable bonds is 7. The Balaban J connectivity index is 2.10. The van der Waals surface area contributed by atoms with Crippen LogP contribution in [0, 0.1) is 11.3 Å². The smallest absolute Gasteiger partial charge is 0.410 e. The van der Waals surface area contributed by atoms with Crippen molar-refractivity contribution in [3.05, 3.63) is 35.4 Å². The lowest BCUT2D eigenvalue weighted by atomic mass is 9.94. The van der Waals surface area contributed by atoms with E-state index < -0.39 is 17.3 Å². The summed E-state index contributed by atoms with van der Waals surface area (Å²) in [6.07, 6.45) is 5.36. The van der Waals surface area contributed by atoms with Gasteiger partial charge in [0, 0.05) is 25.7 Å². The maximum atomic E-state index is 13.0. The molecule has 34 heavy (non-hydrogen) atoms. The van der Waals surface area contributed by atoms with Gasteiger partial charge in [0.25, 0.3) is 0 Å². The quantitative estimate of drug-likeness (QED) is 0.469. The molecular formula is C27H41N3O4. The number of nitriles is 1. The largest absolute Gasteiger partial charge is 0.444 e. The molecule has 0 atom stereocenters. The van der Waals surface area contributed by atoms with Crippen LogP contribution in [-0.2, 0) is 16.0 Å². The highest BCUT2D eigenvalue weighted by Crippen LogP contribution is 2.25. The fraction of sp³-hybridized carbons (Fsp3) is 0.667. The highest BCUT2D eigenvalue weighted by molar-refractivity contribution is 5.69. The molecule has 0 bridgehead atoms. The van der Waals surface area contributed by atoms with Gasteiger partial charge in [0.15, 0.2) is 0 Å². The maximum Gasteiger partial charge on any atom is 0.410 e. The van der Waals surface area contributed by atoms with Gasteiger partial charge >= 0.3 is 12.2 Å². The zero-order valence-electron chi connectivity index (χ0n) is 21.7. The summed E-state index contributed by atoms with van der Waals surface area (Å²) in [6, 6.07) is 9.49. The van der Waals surface area contributed by atoms with Crippen LogP contribution < -0.4 is 0 Å².